The van der Waals surface area contributed by atoms with E-state index >= 15 is 4.39 Å². The lowest BCUT2D eigenvalue weighted by molar-refractivity contribution is 0.102. The highest BCUT2D eigenvalue weighted by molar-refractivity contribution is 6.14. The molecule has 1 amide bonds. The van der Waals surface area contributed by atoms with Gasteiger partial charge in [0.05, 0.1) is 18.5 Å². The monoisotopic (exact) mass is 492 g/mol. The Morgan fingerprint density at radius 2 is 1.86 bits per heavy atom. The summed E-state index contributed by atoms with van der Waals surface area (Å²) in [6, 6.07) is 2.65. The minimum atomic E-state index is -0.619. The maximum atomic E-state index is 15.6. The van der Waals surface area contributed by atoms with Crippen molar-refractivity contribution in [1.29, 1.82) is 0 Å². The van der Waals surface area contributed by atoms with Crippen molar-refractivity contribution in [1.82, 2.24) is 29.5 Å². The number of hydrogen-bond acceptors (Lipinski definition) is 7. The Morgan fingerprint density at radius 3 is 2.58 bits per heavy atom. The van der Waals surface area contributed by atoms with Gasteiger partial charge in [-0.2, -0.15) is 10.1 Å². The zero-order valence-corrected chi connectivity index (χ0v) is 20.6. The van der Waals surface area contributed by atoms with Crippen LogP contribution in [-0.4, -0.2) is 62.3 Å². The van der Waals surface area contributed by atoms with Gasteiger partial charge in [-0.3, -0.25) is 13.9 Å². The van der Waals surface area contributed by atoms with Crippen LogP contribution < -0.4 is 20.3 Å². The first kappa shape index (κ1) is 22.7. The Bertz CT molecular complexity index is 1470. The first-order chi connectivity index (χ1) is 17.4. The molecular formula is C25H29FN8O2. The maximum Gasteiger partial charge on any atom is 0.261 e. The first-order valence-electron chi connectivity index (χ1n) is 12.3. The summed E-state index contributed by atoms with van der Waals surface area (Å²) in [4.78, 5) is 24.2. The summed E-state index contributed by atoms with van der Waals surface area (Å²) in [5, 5.41) is 11.7. The smallest absolute Gasteiger partial charge is 0.261 e. The Labute approximate surface area is 207 Å². The van der Waals surface area contributed by atoms with Crippen molar-refractivity contribution < 1.29 is 13.9 Å². The zero-order chi connectivity index (χ0) is 25.0. The number of benzene rings is 1. The van der Waals surface area contributed by atoms with Crippen LogP contribution in [0, 0.1) is 12.7 Å². The van der Waals surface area contributed by atoms with Gasteiger partial charge in [-0.25, -0.2) is 9.37 Å². The van der Waals surface area contributed by atoms with Crippen LogP contribution >= 0.6 is 0 Å². The number of nitrogens with zero attached hydrogens (tertiary/aromatic N) is 6. The molecular weight excluding hydrogens is 463 g/mol. The second-order valence-electron chi connectivity index (χ2n) is 9.73. The van der Waals surface area contributed by atoms with E-state index in [0.29, 0.717) is 29.1 Å². The number of carbonyl (C=O) groups excluding carboxylic acids is 1. The van der Waals surface area contributed by atoms with E-state index in [1.807, 2.05) is 13.1 Å². The quantitative estimate of drug-likeness (QED) is 0.427. The number of aryl methyl sites for hydroxylation is 2. The van der Waals surface area contributed by atoms with Crippen molar-refractivity contribution in [2.45, 2.75) is 44.7 Å². The van der Waals surface area contributed by atoms with E-state index in [9.17, 15) is 4.79 Å². The molecule has 4 aromatic rings. The summed E-state index contributed by atoms with van der Waals surface area (Å²) in [5.41, 5.74) is 2.08. The average Bonchev–Trinajstić information content (AvgIpc) is 3.46. The van der Waals surface area contributed by atoms with Gasteiger partial charge < -0.3 is 20.3 Å². The van der Waals surface area contributed by atoms with Crippen molar-refractivity contribution in [3.8, 4) is 5.88 Å². The molecule has 2 N–H and O–H groups in total. The number of anilines is 2. The molecule has 1 aliphatic carbocycles. The summed E-state index contributed by atoms with van der Waals surface area (Å²) >= 11 is 0. The first-order valence-corrected chi connectivity index (χ1v) is 12.3. The number of carbonyl (C=O) groups is 1. The van der Waals surface area contributed by atoms with E-state index in [4.69, 9.17) is 4.74 Å². The molecule has 0 atom stereocenters. The molecule has 0 unspecified atom stereocenters. The van der Waals surface area contributed by atoms with Gasteiger partial charge in [0.1, 0.15) is 22.6 Å². The highest BCUT2D eigenvalue weighted by atomic mass is 19.1. The number of halogens is 1. The van der Waals surface area contributed by atoms with Crippen LogP contribution in [0.1, 0.15) is 41.7 Å². The van der Waals surface area contributed by atoms with E-state index in [1.165, 1.54) is 26.0 Å². The molecule has 0 radical (unpaired) electrons. The van der Waals surface area contributed by atoms with Crippen molar-refractivity contribution in [3.63, 3.8) is 0 Å². The normalized spacial score (nSPS) is 16.7. The van der Waals surface area contributed by atoms with Gasteiger partial charge in [0.25, 0.3) is 5.91 Å². The van der Waals surface area contributed by atoms with Crippen LogP contribution in [0.2, 0.25) is 0 Å². The van der Waals surface area contributed by atoms with Crippen LogP contribution in [-0.2, 0) is 7.05 Å². The van der Waals surface area contributed by atoms with E-state index in [1.54, 1.807) is 28.5 Å². The fourth-order valence-corrected chi connectivity index (χ4v) is 5.04. The zero-order valence-electron chi connectivity index (χ0n) is 20.6. The summed E-state index contributed by atoms with van der Waals surface area (Å²) in [6.07, 6.45) is 9.83. The number of amides is 1. The molecule has 10 nitrogen and oxygen atoms in total. The van der Waals surface area contributed by atoms with Crippen molar-refractivity contribution in [2.75, 3.05) is 30.4 Å². The number of piperidine rings is 1. The molecule has 1 saturated heterocycles. The second kappa shape index (κ2) is 8.74. The minimum Gasteiger partial charge on any atom is -0.479 e. The summed E-state index contributed by atoms with van der Waals surface area (Å²) < 4.78 is 24.2. The van der Waals surface area contributed by atoms with Crippen LogP contribution in [0.25, 0.3) is 16.7 Å². The van der Waals surface area contributed by atoms with Gasteiger partial charge in [0, 0.05) is 56.2 Å². The molecule has 36 heavy (non-hydrogen) atoms. The molecule has 188 valence electrons. The Kier molecular flexibility index (Phi) is 5.51. The topological polar surface area (TPSA) is 102 Å². The number of ether oxygens (including phenoxy) is 1. The standard InChI is InChI=1S/C25H29FN8O2/c1-14-11-34-13-19(24(36-3)30-25(34)27-14)29-23(35)21-18(26)10-20(17-12-32(2)31-22(17)21)33-8-6-16(7-9-33)28-15-4-5-15/h10-13,15-16,28H,4-9H2,1-3H3,(H,29,35). The summed E-state index contributed by atoms with van der Waals surface area (Å²) in [5.74, 6) is -0.593. The molecule has 2 fully saturated rings. The van der Waals surface area contributed by atoms with Crippen molar-refractivity contribution in [2.24, 2.45) is 7.05 Å². The van der Waals surface area contributed by atoms with E-state index in [-0.39, 0.29) is 11.4 Å². The number of fused-ring (bicyclic) bond motifs is 2. The number of aromatic nitrogens is 5. The Morgan fingerprint density at radius 1 is 1.11 bits per heavy atom. The SMILES string of the molecule is COc1nc2nc(C)cn2cc1NC(=O)c1c(F)cc(N2CCC(NC3CC3)CC2)c2cn(C)nc12. The maximum absolute atomic E-state index is 15.6. The average molecular weight is 493 g/mol. The lowest BCUT2D eigenvalue weighted by Gasteiger charge is -2.34. The van der Waals surface area contributed by atoms with Gasteiger partial charge in [0.2, 0.25) is 11.7 Å². The fourth-order valence-electron chi connectivity index (χ4n) is 5.04. The van der Waals surface area contributed by atoms with Gasteiger partial charge >= 0.3 is 0 Å². The van der Waals surface area contributed by atoms with Gasteiger partial charge in [-0.15, -0.1) is 0 Å². The van der Waals surface area contributed by atoms with Crippen LogP contribution in [0.4, 0.5) is 15.8 Å². The summed E-state index contributed by atoms with van der Waals surface area (Å²) in [6.45, 7) is 3.50. The molecule has 4 heterocycles. The van der Waals surface area contributed by atoms with Crippen molar-refractivity contribution in [3.05, 3.63) is 41.7 Å². The second-order valence-corrected chi connectivity index (χ2v) is 9.73. The molecule has 1 saturated carbocycles. The van der Waals surface area contributed by atoms with Crippen LogP contribution in [0.5, 0.6) is 5.88 Å². The van der Waals surface area contributed by atoms with Crippen molar-refractivity contribution >= 4 is 34.0 Å². The third-order valence-electron chi connectivity index (χ3n) is 6.93. The molecule has 11 heteroatoms. The fraction of sp³-hybridized carbons (Fsp3) is 0.440. The molecule has 6 rings (SSSR count). The van der Waals surface area contributed by atoms with E-state index in [0.717, 1.165) is 42.7 Å². The number of imidazole rings is 1. The predicted molar refractivity (Wildman–Crippen MR) is 134 cm³/mol. The number of nitrogens with one attached hydrogen (secondary N) is 2. The van der Waals surface area contributed by atoms with E-state index in [2.05, 4.69) is 30.6 Å². The largest absolute Gasteiger partial charge is 0.479 e. The molecule has 1 aliphatic heterocycles. The minimum absolute atomic E-state index is 0.108. The lowest BCUT2D eigenvalue weighted by Crippen LogP contribution is -2.43. The highest BCUT2D eigenvalue weighted by Crippen LogP contribution is 2.34. The van der Waals surface area contributed by atoms with Gasteiger partial charge in [-0.1, -0.05) is 0 Å². The summed E-state index contributed by atoms with van der Waals surface area (Å²) in [7, 11) is 3.23. The predicted octanol–water partition coefficient (Wildman–Crippen LogP) is 3.05. The number of rotatable bonds is 6. The van der Waals surface area contributed by atoms with Gasteiger partial charge in [0.15, 0.2) is 0 Å². The third kappa shape index (κ3) is 4.13. The Balaban J connectivity index is 1.31. The third-order valence-corrected chi connectivity index (χ3v) is 6.93. The van der Waals surface area contributed by atoms with Crippen LogP contribution in [0.3, 0.4) is 0 Å². The van der Waals surface area contributed by atoms with E-state index < -0.39 is 11.7 Å². The molecule has 0 bridgehead atoms. The lowest BCUT2D eigenvalue weighted by atomic mass is 10.0. The Hall–Kier alpha value is -3.73. The highest BCUT2D eigenvalue weighted by Gasteiger charge is 2.29. The van der Waals surface area contributed by atoms with Crippen LogP contribution in [0.15, 0.2) is 24.7 Å². The number of methoxy groups -OCH3 is 1. The molecule has 0 spiro atoms. The number of hydrogen-bond donors (Lipinski definition) is 2. The molecule has 3 aromatic heterocycles. The molecule has 1 aromatic carbocycles. The molecule has 2 aliphatic rings. The van der Waals surface area contributed by atoms with Gasteiger partial charge in [-0.05, 0) is 38.7 Å².